The summed E-state index contributed by atoms with van der Waals surface area (Å²) in [6.07, 6.45) is 0. The molecular weight excluding hydrogens is 222 g/mol. The average molecular weight is 241 g/mol. The Bertz CT molecular complexity index is 341. The van der Waals surface area contributed by atoms with Gasteiger partial charge in [0.1, 0.15) is 0 Å². The number of carbonyl (C=O) groups excluding carboxylic acids is 3. The quantitative estimate of drug-likeness (QED) is 0.545. The third-order valence-electron chi connectivity index (χ3n) is 2.62. The molecule has 0 aromatic carbocycles. The van der Waals surface area contributed by atoms with Crippen LogP contribution in [0.2, 0.25) is 0 Å². The van der Waals surface area contributed by atoms with E-state index < -0.39 is 17.8 Å². The van der Waals surface area contributed by atoms with Crippen LogP contribution in [0, 0.1) is 5.92 Å². The number of carbonyl (C=O) groups is 3. The molecular formula is C11H19N3O3. The second-order valence-electron chi connectivity index (χ2n) is 4.73. The molecule has 0 spiro atoms. The van der Waals surface area contributed by atoms with Crippen LogP contribution in [0.4, 0.5) is 4.79 Å². The molecule has 1 atom stereocenters. The second kappa shape index (κ2) is 5.27. The zero-order chi connectivity index (χ0) is 13.2. The van der Waals surface area contributed by atoms with Gasteiger partial charge in [0.25, 0.3) is 0 Å². The summed E-state index contributed by atoms with van der Waals surface area (Å²) >= 11 is 0. The molecule has 4 amide bonds. The van der Waals surface area contributed by atoms with Crippen molar-refractivity contribution in [2.75, 3.05) is 20.1 Å². The van der Waals surface area contributed by atoms with Crippen molar-refractivity contribution in [3.05, 3.63) is 0 Å². The van der Waals surface area contributed by atoms with E-state index in [-0.39, 0.29) is 12.5 Å². The van der Waals surface area contributed by atoms with Crippen LogP contribution in [0.3, 0.4) is 0 Å². The molecule has 1 heterocycles. The van der Waals surface area contributed by atoms with Gasteiger partial charge in [-0.05, 0) is 12.5 Å². The predicted octanol–water partition coefficient (Wildman–Crippen LogP) is 0.0411. The van der Waals surface area contributed by atoms with Crippen LogP contribution in [0.25, 0.3) is 0 Å². The fraction of sp³-hybridized carbons (Fsp3) is 0.727. The molecule has 1 aliphatic rings. The van der Waals surface area contributed by atoms with E-state index in [4.69, 9.17) is 0 Å². The Morgan fingerprint density at radius 2 is 1.71 bits per heavy atom. The Labute approximate surface area is 101 Å². The van der Waals surface area contributed by atoms with Crippen LogP contribution in [-0.2, 0) is 9.59 Å². The van der Waals surface area contributed by atoms with Crippen molar-refractivity contribution in [1.82, 2.24) is 15.1 Å². The van der Waals surface area contributed by atoms with Crippen molar-refractivity contribution >= 4 is 17.8 Å². The van der Waals surface area contributed by atoms with Crippen molar-refractivity contribution in [2.24, 2.45) is 5.92 Å². The van der Waals surface area contributed by atoms with E-state index in [1.165, 1.54) is 7.05 Å². The molecule has 0 aromatic heterocycles. The summed E-state index contributed by atoms with van der Waals surface area (Å²) in [5.74, 6) is -1.36. The van der Waals surface area contributed by atoms with E-state index in [0.717, 1.165) is 9.80 Å². The molecule has 96 valence electrons. The van der Waals surface area contributed by atoms with E-state index >= 15 is 0 Å². The summed E-state index contributed by atoms with van der Waals surface area (Å²) in [5, 5.41) is 3.22. The second-order valence-corrected chi connectivity index (χ2v) is 4.73. The highest BCUT2D eigenvalue weighted by Crippen LogP contribution is 2.11. The van der Waals surface area contributed by atoms with Gasteiger partial charge in [-0.15, -0.1) is 0 Å². The topological polar surface area (TPSA) is 69.7 Å². The first-order chi connectivity index (χ1) is 7.84. The molecule has 1 rings (SSSR count). The van der Waals surface area contributed by atoms with Crippen molar-refractivity contribution in [2.45, 2.75) is 26.8 Å². The van der Waals surface area contributed by atoms with Crippen LogP contribution in [-0.4, -0.2) is 53.8 Å². The van der Waals surface area contributed by atoms with Gasteiger partial charge < -0.3 is 5.32 Å². The summed E-state index contributed by atoms with van der Waals surface area (Å²) in [6.45, 7) is 6.95. The van der Waals surface area contributed by atoms with Crippen LogP contribution in [0.5, 0.6) is 0 Å². The molecule has 6 nitrogen and oxygen atoms in total. The largest absolute Gasteiger partial charge is 0.333 e. The highest BCUT2D eigenvalue weighted by Gasteiger charge is 2.42. The highest BCUT2D eigenvalue weighted by molar-refractivity contribution is 6.44. The molecule has 0 bridgehead atoms. The lowest BCUT2D eigenvalue weighted by atomic mass is 10.1. The number of hydrogen-bond donors (Lipinski definition) is 1. The lowest BCUT2D eigenvalue weighted by Crippen LogP contribution is -2.39. The lowest BCUT2D eigenvalue weighted by Gasteiger charge is -2.19. The molecule has 17 heavy (non-hydrogen) atoms. The minimum atomic E-state index is -0.751. The van der Waals surface area contributed by atoms with Crippen LogP contribution in [0.1, 0.15) is 20.8 Å². The smallest absolute Gasteiger partial charge is 0.314 e. The highest BCUT2D eigenvalue weighted by atomic mass is 16.2. The van der Waals surface area contributed by atoms with E-state index in [1.807, 2.05) is 20.8 Å². The van der Waals surface area contributed by atoms with Crippen molar-refractivity contribution in [3.63, 3.8) is 0 Å². The standard InChI is InChI=1S/C11H19N3O3/c1-7(2)12-5-8(3)6-14-10(16)9(15)13(4)11(14)17/h7-8,12H,5-6H2,1-4H3. The number of nitrogens with zero attached hydrogens (tertiary/aromatic N) is 2. The normalized spacial score (nSPS) is 18.5. The Hall–Kier alpha value is -1.43. The van der Waals surface area contributed by atoms with Gasteiger partial charge >= 0.3 is 17.8 Å². The van der Waals surface area contributed by atoms with Gasteiger partial charge in [-0.2, -0.15) is 0 Å². The molecule has 1 unspecified atom stereocenters. The summed E-state index contributed by atoms with van der Waals surface area (Å²) in [6, 6.07) is -0.178. The molecule has 0 radical (unpaired) electrons. The van der Waals surface area contributed by atoms with Gasteiger partial charge in [0.2, 0.25) is 0 Å². The van der Waals surface area contributed by atoms with Gasteiger partial charge in [0.05, 0.1) is 0 Å². The number of hydrogen-bond acceptors (Lipinski definition) is 4. The third kappa shape index (κ3) is 3.03. The van der Waals surface area contributed by atoms with Gasteiger partial charge in [0, 0.05) is 19.6 Å². The Morgan fingerprint density at radius 3 is 2.12 bits per heavy atom. The number of amides is 4. The fourth-order valence-electron chi connectivity index (χ4n) is 1.59. The third-order valence-corrected chi connectivity index (χ3v) is 2.62. The van der Waals surface area contributed by atoms with Crippen molar-refractivity contribution in [1.29, 1.82) is 0 Å². The number of urea groups is 1. The van der Waals surface area contributed by atoms with E-state index in [1.54, 1.807) is 0 Å². The lowest BCUT2D eigenvalue weighted by molar-refractivity contribution is -0.143. The van der Waals surface area contributed by atoms with Crippen LogP contribution < -0.4 is 5.32 Å². The fourth-order valence-corrected chi connectivity index (χ4v) is 1.59. The minimum absolute atomic E-state index is 0.115. The van der Waals surface area contributed by atoms with E-state index in [2.05, 4.69) is 5.32 Å². The van der Waals surface area contributed by atoms with Crippen LogP contribution in [0.15, 0.2) is 0 Å². The van der Waals surface area contributed by atoms with E-state index in [0.29, 0.717) is 12.6 Å². The first-order valence-electron chi connectivity index (χ1n) is 5.71. The van der Waals surface area contributed by atoms with Crippen molar-refractivity contribution < 1.29 is 14.4 Å². The van der Waals surface area contributed by atoms with Crippen LogP contribution >= 0.6 is 0 Å². The first kappa shape index (κ1) is 13.6. The molecule has 1 N–H and O–H groups in total. The Morgan fingerprint density at radius 1 is 1.12 bits per heavy atom. The zero-order valence-electron chi connectivity index (χ0n) is 10.7. The molecule has 1 saturated heterocycles. The molecule has 0 saturated carbocycles. The van der Waals surface area contributed by atoms with Gasteiger partial charge in [-0.1, -0.05) is 20.8 Å². The number of likely N-dealkylation sites (N-methyl/N-ethyl adjacent to an activating group) is 1. The number of imide groups is 2. The molecule has 1 fully saturated rings. The van der Waals surface area contributed by atoms with Gasteiger partial charge in [-0.25, -0.2) is 4.79 Å². The SMILES string of the molecule is CC(CNC(C)C)CN1C(=O)C(=O)N(C)C1=O. The summed E-state index contributed by atoms with van der Waals surface area (Å²) in [4.78, 5) is 36.2. The number of nitrogens with one attached hydrogen (secondary N) is 1. The summed E-state index contributed by atoms with van der Waals surface area (Å²) in [5.41, 5.74) is 0. The summed E-state index contributed by atoms with van der Waals surface area (Å²) in [7, 11) is 1.32. The predicted molar refractivity (Wildman–Crippen MR) is 62.2 cm³/mol. The first-order valence-corrected chi connectivity index (χ1v) is 5.71. The monoisotopic (exact) mass is 241 g/mol. The molecule has 0 aliphatic carbocycles. The Balaban J connectivity index is 2.54. The molecule has 1 aliphatic heterocycles. The van der Waals surface area contributed by atoms with E-state index in [9.17, 15) is 14.4 Å². The molecule has 6 heteroatoms. The average Bonchev–Trinajstić information content (AvgIpc) is 2.44. The maximum absolute atomic E-state index is 11.6. The minimum Gasteiger partial charge on any atom is -0.314 e. The summed E-state index contributed by atoms with van der Waals surface area (Å²) < 4.78 is 0. The van der Waals surface area contributed by atoms with Gasteiger partial charge in [0.15, 0.2) is 0 Å². The number of rotatable bonds is 5. The van der Waals surface area contributed by atoms with Gasteiger partial charge in [-0.3, -0.25) is 19.4 Å². The Kier molecular flexibility index (Phi) is 4.22. The van der Waals surface area contributed by atoms with Crippen molar-refractivity contribution in [3.8, 4) is 0 Å². The maximum Gasteiger partial charge on any atom is 0.333 e. The molecule has 0 aromatic rings. The zero-order valence-corrected chi connectivity index (χ0v) is 10.7. The maximum atomic E-state index is 11.6.